The number of carbonyl (C=O) groups excluding carboxylic acids is 1. The summed E-state index contributed by atoms with van der Waals surface area (Å²) in [5.74, 6) is 0.158. The van der Waals surface area contributed by atoms with Gasteiger partial charge in [-0.2, -0.15) is 0 Å². The van der Waals surface area contributed by atoms with Crippen LogP contribution >= 0.6 is 15.9 Å². The van der Waals surface area contributed by atoms with Crippen LogP contribution in [0, 0.1) is 6.92 Å². The molecule has 1 atom stereocenters. The van der Waals surface area contributed by atoms with Gasteiger partial charge in [0.25, 0.3) is 5.91 Å². The minimum atomic E-state index is -0.151. The fourth-order valence-corrected chi connectivity index (χ4v) is 3.26. The average molecular weight is 410 g/mol. The van der Waals surface area contributed by atoms with Gasteiger partial charge in [0.2, 0.25) is 0 Å². The number of aryl methyl sites for hydroxylation is 1. The maximum absolute atomic E-state index is 12.4. The second-order valence-electron chi connectivity index (χ2n) is 6.45. The molecule has 0 spiro atoms. The molecule has 1 amide bonds. The summed E-state index contributed by atoms with van der Waals surface area (Å²) in [6.07, 6.45) is 7.86. The zero-order valence-electron chi connectivity index (χ0n) is 14.7. The zero-order valence-corrected chi connectivity index (χ0v) is 16.3. The fourth-order valence-electron chi connectivity index (χ4n) is 2.84. The Morgan fingerprint density at radius 1 is 1.12 bits per heavy atom. The third-order valence-electron chi connectivity index (χ3n) is 4.15. The van der Waals surface area contributed by atoms with Gasteiger partial charge in [-0.3, -0.25) is 14.8 Å². The lowest BCUT2D eigenvalue weighted by Crippen LogP contribution is -2.12. The summed E-state index contributed by atoms with van der Waals surface area (Å²) in [5.41, 5.74) is 4.65. The minimum Gasteiger partial charge on any atom is -0.322 e. The van der Waals surface area contributed by atoms with E-state index in [1.54, 1.807) is 18.6 Å². The summed E-state index contributed by atoms with van der Waals surface area (Å²) in [5, 5.41) is 2.95. The van der Waals surface area contributed by atoms with Gasteiger partial charge < -0.3 is 5.32 Å². The van der Waals surface area contributed by atoms with E-state index in [4.69, 9.17) is 0 Å². The van der Waals surface area contributed by atoms with E-state index in [1.807, 2.05) is 37.4 Å². The van der Waals surface area contributed by atoms with Crippen molar-refractivity contribution in [1.82, 2.24) is 9.97 Å². The van der Waals surface area contributed by atoms with Crippen LogP contribution in [0.2, 0.25) is 0 Å². The van der Waals surface area contributed by atoms with Gasteiger partial charge >= 0.3 is 0 Å². The maximum Gasteiger partial charge on any atom is 0.257 e. The van der Waals surface area contributed by atoms with Crippen molar-refractivity contribution in [1.29, 1.82) is 0 Å². The monoisotopic (exact) mass is 409 g/mol. The number of amides is 1. The molecule has 2 heterocycles. The van der Waals surface area contributed by atoms with Crippen molar-refractivity contribution in [3.05, 3.63) is 87.9 Å². The summed E-state index contributed by atoms with van der Waals surface area (Å²) in [7, 11) is 0. The molecule has 0 saturated carbocycles. The third kappa shape index (κ3) is 4.76. The molecule has 0 bridgehead atoms. The predicted molar refractivity (Wildman–Crippen MR) is 107 cm³/mol. The Morgan fingerprint density at radius 3 is 2.69 bits per heavy atom. The summed E-state index contributed by atoms with van der Waals surface area (Å²) in [6.45, 7) is 4.09. The lowest BCUT2D eigenvalue weighted by Gasteiger charge is -2.14. The number of hydrogen-bond donors (Lipinski definition) is 1. The van der Waals surface area contributed by atoms with E-state index in [-0.39, 0.29) is 5.91 Å². The molecule has 2 aromatic heterocycles. The second-order valence-corrected chi connectivity index (χ2v) is 7.36. The molecule has 3 rings (SSSR count). The minimum absolute atomic E-state index is 0.151. The smallest absolute Gasteiger partial charge is 0.257 e. The topological polar surface area (TPSA) is 54.9 Å². The normalized spacial score (nSPS) is 11.8. The molecule has 0 radical (unpaired) electrons. The van der Waals surface area contributed by atoms with Crippen molar-refractivity contribution in [3.8, 4) is 0 Å². The molecule has 3 aromatic rings. The SMILES string of the molecule is Cc1cncc(C(=O)Nc2cccc([C@H](C)Cc3cncc(Br)c3)c2)c1. The van der Waals surface area contributed by atoms with Gasteiger partial charge in [0.15, 0.2) is 0 Å². The summed E-state index contributed by atoms with van der Waals surface area (Å²) in [4.78, 5) is 20.7. The van der Waals surface area contributed by atoms with Crippen molar-refractivity contribution in [2.45, 2.75) is 26.2 Å². The number of nitrogens with one attached hydrogen (secondary N) is 1. The maximum atomic E-state index is 12.4. The lowest BCUT2D eigenvalue weighted by molar-refractivity contribution is 0.102. The van der Waals surface area contributed by atoms with Crippen LogP contribution in [0.1, 0.15) is 39.9 Å². The Bertz CT molecular complexity index is 926. The van der Waals surface area contributed by atoms with E-state index in [9.17, 15) is 4.79 Å². The number of rotatable bonds is 5. The number of benzene rings is 1. The van der Waals surface area contributed by atoms with Crippen molar-refractivity contribution in [3.63, 3.8) is 0 Å². The lowest BCUT2D eigenvalue weighted by atomic mass is 9.94. The van der Waals surface area contributed by atoms with Crippen LogP contribution in [-0.2, 0) is 6.42 Å². The molecule has 1 aromatic carbocycles. The molecule has 0 aliphatic rings. The van der Waals surface area contributed by atoms with Crippen molar-refractivity contribution in [2.75, 3.05) is 5.32 Å². The van der Waals surface area contributed by atoms with E-state index in [0.717, 1.165) is 22.1 Å². The number of anilines is 1. The highest BCUT2D eigenvalue weighted by Crippen LogP contribution is 2.24. The van der Waals surface area contributed by atoms with Gasteiger partial charge in [-0.05, 0) is 76.1 Å². The van der Waals surface area contributed by atoms with Crippen molar-refractivity contribution in [2.24, 2.45) is 0 Å². The quantitative estimate of drug-likeness (QED) is 0.633. The highest BCUT2D eigenvalue weighted by atomic mass is 79.9. The number of nitrogens with zero attached hydrogens (tertiary/aromatic N) is 2. The van der Waals surface area contributed by atoms with Gasteiger partial charge in [-0.1, -0.05) is 19.1 Å². The molecule has 0 fully saturated rings. The van der Waals surface area contributed by atoms with Crippen LogP contribution in [0.25, 0.3) is 0 Å². The van der Waals surface area contributed by atoms with Crippen LogP contribution in [0.3, 0.4) is 0 Å². The highest BCUT2D eigenvalue weighted by molar-refractivity contribution is 9.10. The van der Waals surface area contributed by atoms with Crippen LogP contribution in [0.4, 0.5) is 5.69 Å². The predicted octanol–water partition coefficient (Wildman–Crippen LogP) is 5.15. The first-order valence-corrected chi connectivity index (χ1v) is 9.23. The third-order valence-corrected chi connectivity index (χ3v) is 4.59. The molecule has 5 heteroatoms. The number of pyridine rings is 2. The Balaban J connectivity index is 1.72. The fraction of sp³-hybridized carbons (Fsp3) is 0.190. The molecule has 0 unspecified atom stereocenters. The van der Waals surface area contributed by atoms with Crippen LogP contribution < -0.4 is 5.32 Å². The summed E-state index contributed by atoms with van der Waals surface area (Å²) < 4.78 is 0.981. The first-order valence-electron chi connectivity index (χ1n) is 8.43. The van der Waals surface area contributed by atoms with Gasteiger partial charge in [-0.25, -0.2) is 0 Å². The average Bonchev–Trinajstić information content (AvgIpc) is 2.62. The van der Waals surface area contributed by atoms with Crippen molar-refractivity contribution < 1.29 is 4.79 Å². The van der Waals surface area contributed by atoms with Crippen molar-refractivity contribution >= 4 is 27.5 Å². The Hall–Kier alpha value is -2.53. The summed E-state index contributed by atoms with van der Waals surface area (Å²) in [6, 6.07) is 11.9. The number of carbonyl (C=O) groups is 1. The van der Waals surface area contributed by atoms with E-state index < -0.39 is 0 Å². The van der Waals surface area contributed by atoms with Crippen LogP contribution in [-0.4, -0.2) is 15.9 Å². The molecule has 132 valence electrons. The molecule has 0 aliphatic carbocycles. The van der Waals surface area contributed by atoms with Gasteiger partial charge in [-0.15, -0.1) is 0 Å². The van der Waals surface area contributed by atoms with E-state index in [0.29, 0.717) is 11.5 Å². The van der Waals surface area contributed by atoms with E-state index in [1.165, 1.54) is 11.1 Å². The molecule has 0 aliphatic heterocycles. The van der Waals surface area contributed by atoms with Gasteiger partial charge in [0.05, 0.1) is 5.56 Å². The van der Waals surface area contributed by atoms with Crippen LogP contribution in [0.5, 0.6) is 0 Å². The summed E-state index contributed by atoms with van der Waals surface area (Å²) >= 11 is 3.46. The number of halogens is 1. The zero-order chi connectivity index (χ0) is 18.5. The molecule has 1 N–H and O–H groups in total. The first-order chi connectivity index (χ1) is 12.5. The highest BCUT2D eigenvalue weighted by Gasteiger charge is 2.11. The standard InChI is InChI=1S/C21H20BrN3O/c1-14-6-18(12-23-10-14)21(26)25-20-5-3-4-17(9-20)15(2)7-16-8-19(22)13-24-11-16/h3-6,8-13,15H,7H2,1-2H3,(H,25,26)/t15-/m1/s1. The number of aromatic nitrogens is 2. The molecule has 0 saturated heterocycles. The van der Waals surface area contributed by atoms with Gasteiger partial charge in [0.1, 0.15) is 0 Å². The molecular formula is C21H20BrN3O. The Kier molecular flexibility index (Phi) is 5.78. The molecular weight excluding hydrogens is 390 g/mol. The van der Waals surface area contributed by atoms with E-state index in [2.05, 4.69) is 50.3 Å². The second kappa shape index (κ2) is 8.23. The Morgan fingerprint density at radius 2 is 1.92 bits per heavy atom. The number of hydrogen-bond acceptors (Lipinski definition) is 3. The van der Waals surface area contributed by atoms with E-state index >= 15 is 0 Å². The molecule has 26 heavy (non-hydrogen) atoms. The molecule has 4 nitrogen and oxygen atoms in total. The van der Waals surface area contributed by atoms with Crippen LogP contribution in [0.15, 0.2) is 65.7 Å². The first kappa shape index (κ1) is 18.3. The van der Waals surface area contributed by atoms with Gasteiger partial charge in [0, 0.05) is 34.9 Å². The largest absolute Gasteiger partial charge is 0.322 e. The Labute approximate surface area is 161 Å².